The van der Waals surface area contributed by atoms with Gasteiger partial charge >= 0.3 is 6.03 Å². The van der Waals surface area contributed by atoms with Gasteiger partial charge in [-0.05, 0) is 32.1 Å². The van der Waals surface area contributed by atoms with Crippen molar-refractivity contribution < 1.29 is 9.21 Å². The second-order valence-electron chi connectivity index (χ2n) is 3.12. The van der Waals surface area contributed by atoms with Crippen molar-refractivity contribution in [3.8, 4) is 0 Å². The van der Waals surface area contributed by atoms with Crippen LogP contribution in [-0.2, 0) is 0 Å². The molecule has 0 aliphatic heterocycles. The Morgan fingerprint density at radius 1 is 1.57 bits per heavy atom. The molecular weight excluding hydrogens is 180 g/mol. The van der Waals surface area contributed by atoms with Gasteiger partial charge in [0.25, 0.3) is 0 Å². The highest BCUT2D eigenvalue weighted by atomic mass is 16.3. The van der Waals surface area contributed by atoms with Crippen molar-refractivity contribution >= 4 is 12.1 Å². The van der Waals surface area contributed by atoms with Gasteiger partial charge in [0.05, 0.1) is 6.26 Å². The molecule has 0 saturated carbocycles. The Labute approximate surface area is 83.0 Å². The van der Waals surface area contributed by atoms with E-state index >= 15 is 0 Å². The SMILES string of the molecule is CC(C)NC(=O)N/C=C/c1ccco1. The van der Waals surface area contributed by atoms with Gasteiger partial charge in [0.15, 0.2) is 0 Å². The molecule has 0 atom stereocenters. The predicted molar refractivity (Wildman–Crippen MR) is 54.5 cm³/mol. The number of rotatable bonds is 3. The molecule has 0 aliphatic rings. The lowest BCUT2D eigenvalue weighted by Crippen LogP contribution is -2.36. The van der Waals surface area contributed by atoms with Crippen LogP contribution in [0.15, 0.2) is 29.0 Å². The third kappa shape index (κ3) is 3.80. The maximum absolute atomic E-state index is 11.1. The van der Waals surface area contributed by atoms with Crippen LogP contribution >= 0.6 is 0 Å². The Kier molecular flexibility index (Phi) is 3.79. The molecule has 2 N–H and O–H groups in total. The van der Waals surface area contributed by atoms with E-state index in [1.165, 1.54) is 6.20 Å². The van der Waals surface area contributed by atoms with E-state index in [9.17, 15) is 4.79 Å². The third-order valence-electron chi connectivity index (χ3n) is 1.42. The van der Waals surface area contributed by atoms with Gasteiger partial charge in [0.2, 0.25) is 0 Å². The lowest BCUT2D eigenvalue weighted by molar-refractivity contribution is 0.242. The Hall–Kier alpha value is -1.71. The average Bonchev–Trinajstić information content (AvgIpc) is 2.55. The quantitative estimate of drug-likeness (QED) is 0.772. The van der Waals surface area contributed by atoms with Crippen LogP contribution < -0.4 is 10.6 Å². The minimum absolute atomic E-state index is 0.131. The number of nitrogens with one attached hydrogen (secondary N) is 2. The lowest BCUT2D eigenvalue weighted by Gasteiger charge is -2.06. The highest BCUT2D eigenvalue weighted by molar-refractivity contribution is 5.75. The van der Waals surface area contributed by atoms with E-state index < -0.39 is 0 Å². The normalized spacial score (nSPS) is 10.8. The Bertz CT molecular complexity index is 302. The number of amides is 2. The number of carbonyl (C=O) groups is 1. The summed E-state index contributed by atoms with van der Waals surface area (Å²) in [5, 5.41) is 5.25. The molecule has 0 fully saturated rings. The standard InChI is InChI=1S/C10H14N2O2/c1-8(2)12-10(13)11-6-5-9-4-3-7-14-9/h3-8H,1-2H3,(H2,11,12,13)/b6-5+. The zero-order valence-corrected chi connectivity index (χ0v) is 8.28. The monoisotopic (exact) mass is 194 g/mol. The molecule has 0 radical (unpaired) electrons. The molecule has 2 amide bonds. The summed E-state index contributed by atoms with van der Waals surface area (Å²) in [7, 11) is 0. The summed E-state index contributed by atoms with van der Waals surface area (Å²) in [5.41, 5.74) is 0. The molecule has 14 heavy (non-hydrogen) atoms. The molecule has 0 spiro atoms. The van der Waals surface area contributed by atoms with Gasteiger partial charge < -0.3 is 15.1 Å². The van der Waals surface area contributed by atoms with E-state index in [-0.39, 0.29) is 12.1 Å². The van der Waals surface area contributed by atoms with Gasteiger partial charge in [-0.3, -0.25) is 0 Å². The van der Waals surface area contributed by atoms with Gasteiger partial charge in [-0.2, -0.15) is 0 Å². The number of hydrogen-bond donors (Lipinski definition) is 2. The van der Waals surface area contributed by atoms with E-state index in [4.69, 9.17) is 4.42 Å². The summed E-state index contributed by atoms with van der Waals surface area (Å²) in [4.78, 5) is 11.1. The minimum Gasteiger partial charge on any atom is -0.465 e. The van der Waals surface area contributed by atoms with Crippen molar-refractivity contribution in [3.05, 3.63) is 30.4 Å². The van der Waals surface area contributed by atoms with Gasteiger partial charge in [0, 0.05) is 12.2 Å². The Balaban J connectivity index is 2.30. The fourth-order valence-electron chi connectivity index (χ4n) is 0.889. The summed E-state index contributed by atoms with van der Waals surface area (Å²) in [5.74, 6) is 0.704. The van der Waals surface area contributed by atoms with Gasteiger partial charge in [-0.25, -0.2) is 4.79 Å². The molecule has 0 saturated heterocycles. The van der Waals surface area contributed by atoms with E-state index in [1.54, 1.807) is 24.5 Å². The van der Waals surface area contributed by atoms with Crippen molar-refractivity contribution in [3.63, 3.8) is 0 Å². The van der Waals surface area contributed by atoms with Crippen LogP contribution in [0, 0.1) is 0 Å². The molecule has 4 heteroatoms. The van der Waals surface area contributed by atoms with Gasteiger partial charge in [0.1, 0.15) is 5.76 Å². The van der Waals surface area contributed by atoms with Gasteiger partial charge in [-0.1, -0.05) is 0 Å². The molecule has 0 unspecified atom stereocenters. The summed E-state index contributed by atoms with van der Waals surface area (Å²) in [6.07, 6.45) is 4.80. The van der Waals surface area contributed by atoms with E-state index in [2.05, 4.69) is 10.6 Å². The molecule has 4 nitrogen and oxygen atoms in total. The molecule has 0 bridgehead atoms. The lowest BCUT2D eigenvalue weighted by atomic mass is 10.4. The number of furan rings is 1. The number of carbonyl (C=O) groups excluding carboxylic acids is 1. The molecule has 1 rings (SSSR count). The smallest absolute Gasteiger partial charge is 0.318 e. The van der Waals surface area contributed by atoms with Crippen molar-refractivity contribution in [2.24, 2.45) is 0 Å². The third-order valence-corrected chi connectivity index (χ3v) is 1.42. The largest absolute Gasteiger partial charge is 0.465 e. The highest BCUT2D eigenvalue weighted by Crippen LogP contribution is 2.00. The average molecular weight is 194 g/mol. The second kappa shape index (κ2) is 5.11. The first-order valence-corrected chi connectivity index (χ1v) is 4.45. The van der Waals surface area contributed by atoms with Crippen LogP contribution in [-0.4, -0.2) is 12.1 Å². The molecule has 1 heterocycles. The minimum atomic E-state index is -0.220. The topological polar surface area (TPSA) is 54.3 Å². The molecule has 1 aromatic heterocycles. The van der Waals surface area contributed by atoms with E-state index in [1.807, 2.05) is 13.8 Å². The molecule has 0 aromatic carbocycles. The van der Waals surface area contributed by atoms with Crippen molar-refractivity contribution in [2.75, 3.05) is 0 Å². The summed E-state index contributed by atoms with van der Waals surface area (Å²) in [6.45, 7) is 3.80. The molecular formula is C10H14N2O2. The van der Waals surface area contributed by atoms with Crippen LogP contribution in [0.4, 0.5) is 4.79 Å². The van der Waals surface area contributed by atoms with Crippen LogP contribution in [0.5, 0.6) is 0 Å². The maximum Gasteiger partial charge on any atom is 0.318 e. The first kappa shape index (κ1) is 10.4. The van der Waals surface area contributed by atoms with Crippen LogP contribution in [0.1, 0.15) is 19.6 Å². The van der Waals surface area contributed by atoms with E-state index in [0.29, 0.717) is 5.76 Å². The Morgan fingerprint density at radius 2 is 2.36 bits per heavy atom. The number of urea groups is 1. The van der Waals surface area contributed by atoms with Crippen molar-refractivity contribution in [1.29, 1.82) is 0 Å². The van der Waals surface area contributed by atoms with Crippen LogP contribution in [0.3, 0.4) is 0 Å². The van der Waals surface area contributed by atoms with Crippen molar-refractivity contribution in [1.82, 2.24) is 10.6 Å². The Morgan fingerprint density at radius 3 is 2.93 bits per heavy atom. The van der Waals surface area contributed by atoms with E-state index in [0.717, 1.165) is 0 Å². The second-order valence-corrected chi connectivity index (χ2v) is 3.12. The fraction of sp³-hybridized carbons (Fsp3) is 0.300. The molecule has 0 aliphatic carbocycles. The first-order valence-electron chi connectivity index (χ1n) is 4.45. The highest BCUT2D eigenvalue weighted by Gasteiger charge is 1.98. The molecule has 76 valence electrons. The van der Waals surface area contributed by atoms with Crippen molar-refractivity contribution in [2.45, 2.75) is 19.9 Å². The fourth-order valence-corrected chi connectivity index (χ4v) is 0.889. The molecule has 1 aromatic rings. The van der Waals surface area contributed by atoms with Gasteiger partial charge in [-0.15, -0.1) is 0 Å². The zero-order chi connectivity index (χ0) is 10.4. The summed E-state index contributed by atoms with van der Waals surface area (Å²) < 4.78 is 5.04. The number of hydrogen-bond acceptors (Lipinski definition) is 2. The van der Waals surface area contributed by atoms with Crippen LogP contribution in [0.2, 0.25) is 0 Å². The maximum atomic E-state index is 11.1. The summed E-state index contributed by atoms with van der Waals surface area (Å²) >= 11 is 0. The summed E-state index contributed by atoms with van der Waals surface area (Å²) in [6, 6.07) is 3.50. The zero-order valence-electron chi connectivity index (χ0n) is 8.28. The van der Waals surface area contributed by atoms with Crippen LogP contribution in [0.25, 0.3) is 6.08 Å². The predicted octanol–water partition coefficient (Wildman–Crippen LogP) is 1.96. The first-order chi connectivity index (χ1) is 6.68.